The van der Waals surface area contributed by atoms with E-state index in [2.05, 4.69) is 21.2 Å². The van der Waals surface area contributed by atoms with E-state index in [-0.39, 0.29) is 5.91 Å². The molecule has 1 amide bonds. The number of carbonyl (C=O) groups excluding carboxylic acids is 1. The number of hydrogen-bond acceptors (Lipinski definition) is 3. The van der Waals surface area contributed by atoms with Crippen LogP contribution in [0.5, 0.6) is 0 Å². The zero-order valence-corrected chi connectivity index (χ0v) is 12.2. The molecule has 0 aromatic heterocycles. The Morgan fingerprint density at radius 2 is 2.00 bits per heavy atom. The molecule has 102 valence electrons. The molecule has 0 atom stereocenters. The fourth-order valence-corrected chi connectivity index (χ4v) is 2.92. The lowest BCUT2D eigenvalue weighted by molar-refractivity contribution is -0.132. The first kappa shape index (κ1) is 13.1. The minimum Gasteiger partial charge on any atom is -0.387 e. The van der Waals surface area contributed by atoms with Crippen molar-refractivity contribution >= 4 is 27.5 Å². The van der Waals surface area contributed by atoms with E-state index < -0.39 is 5.60 Å². The minimum absolute atomic E-state index is 0.0276. The molecule has 1 saturated heterocycles. The van der Waals surface area contributed by atoms with Gasteiger partial charge < -0.3 is 10.4 Å². The van der Waals surface area contributed by atoms with Gasteiger partial charge in [-0.25, -0.2) is 0 Å². The number of likely N-dealkylation sites (tertiary alicyclic amines) is 1. The number of hydrogen-bond donors (Lipinski definition) is 2. The number of β-amino-alcohol motifs (C(OH)–C–C–N with tert-alkyl or cyclic N) is 1. The van der Waals surface area contributed by atoms with Crippen molar-refractivity contribution in [3.8, 4) is 0 Å². The van der Waals surface area contributed by atoms with Gasteiger partial charge in [0.1, 0.15) is 0 Å². The number of carbonyl (C=O) groups is 1. The maximum absolute atomic E-state index is 11.9. The molecular formula is C14H17BrN2O2. The highest BCUT2D eigenvalue weighted by Crippen LogP contribution is 2.44. The van der Waals surface area contributed by atoms with E-state index in [0.29, 0.717) is 25.6 Å². The molecule has 2 N–H and O–H groups in total. The molecule has 0 spiro atoms. The van der Waals surface area contributed by atoms with Crippen molar-refractivity contribution in [3.05, 3.63) is 28.7 Å². The lowest BCUT2D eigenvalue weighted by Crippen LogP contribution is -2.64. The Morgan fingerprint density at radius 3 is 2.58 bits per heavy atom. The molecule has 1 aromatic carbocycles. The summed E-state index contributed by atoms with van der Waals surface area (Å²) in [6, 6.07) is 7.51. The van der Waals surface area contributed by atoms with Crippen molar-refractivity contribution in [3.63, 3.8) is 0 Å². The third-order valence-corrected chi connectivity index (χ3v) is 4.36. The Bertz CT molecular complexity index is 479. The Kier molecular flexibility index (Phi) is 3.37. The second-order valence-corrected chi connectivity index (χ2v) is 6.49. The van der Waals surface area contributed by atoms with Crippen molar-refractivity contribution in [2.45, 2.75) is 18.4 Å². The maximum atomic E-state index is 11.9. The molecule has 1 saturated carbocycles. The van der Waals surface area contributed by atoms with Crippen molar-refractivity contribution in [2.24, 2.45) is 5.92 Å². The van der Waals surface area contributed by atoms with Crippen LogP contribution in [0.1, 0.15) is 12.8 Å². The molecule has 1 aromatic rings. The molecule has 4 nitrogen and oxygen atoms in total. The number of nitrogens with one attached hydrogen (secondary N) is 1. The Labute approximate surface area is 120 Å². The lowest BCUT2D eigenvalue weighted by atomic mass is 9.89. The molecule has 0 unspecified atom stereocenters. The molecule has 0 bridgehead atoms. The van der Waals surface area contributed by atoms with Crippen molar-refractivity contribution in [1.29, 1.82) is 0 Å². The Balaban J connectivity index is 1.46. The molecular weight excluding hydrogens is 308 g/mol. The average Bonchev–Trinajstić information content (AvgIpc) is 3.14. The molecule has 2 aliphatic rings. The van der Waals surface area contributed by atoms with Crippen LogP contribution in [-0.2, 0) is 4.79 Å². The van der Waals surface area contributed by atoms with Gasteiger partial charge in [-0.3, -0.25) is 9.69 Å². The van der Waals surface area contributed by atoms with Crippen molar-refractivity contribution < 1.29 is 9.90 Å². The second kappa shape index (κ2) is 4.89. The van der Waals surface area contributed by atoms with Gasteiger partial charge in [0.15, 0.2) is 0 Å². The zero-order chi connectivity index (χ0) is 13.5. The molecule has 19 heavy (non-hydrogen) atoms. The van der Waals surface area contributed by atoms with Crippen molar-refractivity contribution in [2.75, 3.05) is 25.0 Å². The van der Waals surface area contributed by atoms with Gasteiger partial charge in [-0.1, -0.05) is 15.9 Å². The molecule has 1 heterocycles. The number of anilines is 1. The second-order valence-electron chi connectivity index (χ2n) is 5.58. The summed E-state index contributed by atoms with van der Waals surface area (Å²) in [6.45, 7) is 1.61. The molecule has 1 aliphatic heterocycles. The highest BCUT2D eigenvalue weighted by atomic mass is 79.9. The first-order valence-corrected chi connectivity index (χ1v) is 7.35. The fourth-order valence-electron chi connectivity index (χ4n) is 2.66. The van der Waals surface area contributed by atoms with Crippen LogP contribution in [0.3, 0.4) is 0 Å². The third kappa shape index (κ3) is 2.99. The minimum atomic E-state index is -0.516. The van der Waals surface area contributed by atoms with E-state index in [1.807, 2.05) is 29.2 Å². The predicted octanol–water partition coefficient (Wildman–Crippen LogP) is 1.84. The molecule has 1 aliphatic carbocycles. The van der Waals surface area contributed by atoms with Gasteiger partial charge >= 0.3 is 0 Å². The normalized spacial score (nSPS) is 21.8. The Hall–Kier alpha value is -0.910. The van der Waals surface area contributed by atoms with Gasteiger partial charge in [0.2, 0.25) is 5.91 Å². The summed E-state index contributed by atoms with van der Waals surface area (Å²) in [5.41, 5.74) is 0.281. The van der Waals surface area contributed by atoms with E-state index in [1.165, 1.54) is 0 Å². The largest absolute Gasteiger partial charge is 0.387 e. The smallest absolute Gasteiger partial charge is 0.238 e. The van der Waals surface area contributed by atoms with Crippen LogP contribution in [0.4, 0.5) is 5.69 Å². The van der Waals surface area contributed by atoms with Crippen LogP contribution < -0.4 is 5.32 Å². The molecule has 0 radical (unpaired) electrons. The number of aliphatic hydroxyl groups is 1. The van der Waals surface area contributed by atoms with Crippen LogP contribution in [-0.4, -0.2) is 41.1 Å². The Morgan fingerprint density at radius 1 is 1.37 bits per heavy atom. The average molecular weight is 325 g/mol. The van der Waals surface area contributed by atoms with Crippen LogP contribution in [0.2, 0.25) is 0 Å². The van der Waals surface area contributed by atoms with Gasteiger partial charge in [0.05, 0.1) is 12.1 Å². The first-order chi connectivity index (χ1) is 9.05. The van der Waals surface area contributed by atoms with Gasteiger partial charge in [0, 0.05) is 23.2 Å². The number of halogens is 1. The fraction of sp³-hybridized carbons (Fsp3) is 0.500. The third-order valence-electron chi connectivity index (χ3n) is 3.83. The molecule has 5 heteroatoms. The summed E-state index contributed by atoms with van der Waals surface area (Å²) < 4.78 is 0.989. The van der Waals surface area contributed by atoms with Gasteiger partial charge in [-0.05, 0) is 43.0 Å². The van der Waals surface area contributed by atoms with Crippen LogP contribution >= 0.6 is 15.9 Å². The summed E-state index contributed by atoms with van der Waals surface area (Å²) in [4.78, 5) is 13.8. The number of amides is 1. The van der Waals surface area contributed by atoms with Crippen LogP contribution in [0, 0.1) is 5.92 Å². The number of nitrogens with zero attached hydrogens (tertiary/aromatic N) is 1. The molecule has 2 fully saturated rings. The van der Waals surface area contributed by atoms with Gasteiger partial charge in [-0.2, -0.15) is 0 Å². The van der Waals surface area contributed by atoms with E-state index in [4.69, 9.17) is 0 Å². The summed E-state index contributed by atoms with van der Waals surface area (Å²) in [5.74, 6) is 0.443. The maximum Gasteiger partial charge on any atom is 0.238 e. The van der Waals surface area contributed by atoms with E-state index in [1.54, 1.807) is 0 Å². The summed E-state index contributed by atoms with van der Waals surface area (Å²) in [7, 11) is 0. The highest BCUT2D eigenvalue weighted by Gasteiger charge is 2.51. The SMILES string of the molecule is O=C(CN1CC(O)(C2CC2)C1)Nc1ccc(Br)cc1. The van der Waals surface area contributed by atoms with E-state index in [0.717, 1.165) is 23.0 Å². The lowest BCUT2D eigenvalue weighted by Gasteiger charge is -2.46. The predicted molar refractivity (Wildman–Crippen MR) is 76.9 cm³/mol. The quantitative estimate of drug-likeness (QED) is 0.888. The van der Waals surface area contributed by atoms with E-state index in [9.17, 15) is 9.90 Å². The highest BCUT2D eigenvalue weighted by molar-refractivity contribution is 9.10. The van der Waals surface area contributed by atoms with E-state index >= 15 is 0 Å². The molecule has 3 rings (SSSR count). The summed E-state index contributed by atoms with van der Waals surface area (Å²) in [5, 5.41) is 13.0. The van der Waals surface area contributed by atoms with Gasteiger partial charge in [0.25, 0.3) is 0 Å². The monoisotopic (exact) mass is 324 g/mol. The van der Waals surface area contributed by atoms with Crippen LogP contribution in [0.15, 0.2) is 28.7 Å². The zero-order valence-electron chi connectivity index (χ0n) is 10.6. The van der Waals surface area contributed by atoms with Crippen LogP contribution in [0.25, 0.3) is 0 Å². The standard InChI is InChI=1S/C14H17BrN2O2/c15-11-3-5-12(6-4-11)16-13(18)7-17-8-14(19,9-17)10-1-2-10/h3-6,10,19H,1-2,7-9H2,(H,16,18). The van der Waals surface area contributed by atoms with Gasteiger partial charge in [-0.15, -0.1) is 0 Å². The summed E-state index contributed by atoms with van der Waals surface area (Å²) in [6.07, 6.45) is 2.27. The number of rotatable bonds is 4. The van der Waals surface area contributed by atoms with Crippen molar-refractivity contribution in [1.82, 2.24) is 4.90 Å². The topological polar surface area (TPSA) is 52.6 Å². The summed E-state index contributed by atoms with van der Waals surface area (Å²) >= 11 is 3.36. The first-order valence-electron chi connectivity index (χ1n) is 6.55. The number of benzene rings is 1.